The van der Waals surface area contributed by atoms with Crippen molar-refractivity contribution in [3.8, 4) is 0 Å². The van der Waals surface area contributed by atoms with Crippen molar-refractivity contribution in [1.29, 1.82) is 0 Å². The Morgan fingerprint density at radius 3 is 2.88 bits per heavy atom. The standard InChI is InChI=1S/C14H20N2/c1-3-5-11(2)10-16-9-8-12-6-4-7-13(15)14(12)16/h4,6-9,11H,3,5,10,15H2,1-2H3. The number of benzene rings is 1. The van der Waals surface area contributed by atoms with Crippen molar-refractivity contribution in [2.24, 2.45) is 5.92 Å². The molecule has 1 aromatic heterocycles. The van der Waals surface area contributed by atoms with Crippen LogP contribution in [0.25, 0.3) is 10.9 Å². The summed E-state index contributed by atoms with van der Waals surface area (Å²) in [5.41, 5.74) is 8.10. The highest BCUT2D eigenvalue weighted by Crippen LogP contribution is 2.23. The van der Waals surface area contributed by atoms with Crippen molar-refractivity contribution < 1.29 is 0 Å². The number of anilines is 1. The number of hydrogen-bond donors (Lipinski definition) is 1. The molecule has 2 aromatic rings. The third-order valence-corrected chi connectivity index (χ3v) is 3.11. The number of para-hydroxylation sites is 1. The van der Waals surface area contributed by atoms with Crippen LogP contribution in [0.15, 0.2) is 30.5 Å². The number of rotatable bonds is 4. The molecule has 16 heavy (non-hydrogen) atoms. The van der Waals surface area contributed by atoms with E-state index in [2.05, 4.69) is 36.7 Å². The van der Waals surface area contributed by atoms with Crippen LogP contribution >= 0.6 is 0 Å². The minimum Gasteiger partial charge on any atom is -0.397 e. The summed E-state index contributed by atoms with van der Waals surface area (Å²) in [5, 5.41) is 1.24. The summed E-state index contributed by atoms with van der Waals surface area (Å²) in [6, 6.07) is 8.25. The summed E-state index contributed by atoms with van der Waals surface area (Å²) in [5.74, 6) is 0.709. The quantitative estimate of drug-likeness (QED) is 0.777. The van der Waals surface area contributed by atoms with Crippen LogP contribution in [-0.2, 0) is 6.54 Å². The van der Waals surface area contributed by atoms with Crippen LogP contribution < -0.4 is 5.73 Å². The summed E-state index contributed by atoms with van der Waals surface area (Å²) in [6.07, 6.45) is 4.66. The van der Waals surface area contributed by atoms with Crippen LogP contribution in [0.5, 0.6) is 0 Å². The lowest BCUT2D eigenvalue weighted by atomic mass is 10.1. The molecule has 1 heterocycles. The van der Waals surface area contributed by atoms with Gasteiger partial charge in [-0.1, -0.05) is 32.4 Å². The highest BCUT2D eigenvalue weighted by Gasteiger charge is 2.07. The van der Waals surface area contributed by atoms with E-state index in [1.165, 1.54) is 23.7 Å². The lowest BCUT2D eigenvalue weighted by molar-refractivity contribution is 0.453. The molecule has 0 radical (unpaired) electrons. The van der Waals surface area contributed by atoms with E-state index in [0.29, 0.717) is 5.92 Å². The van der Waals surface area contributed by atoms with E-state index in [9.17, 15) is 0 Å². The molecular weight excluding hydrogens is 196 g/mol. The molecule has 2 nitrogen and oxygen atoms in total. The third kappa shape index (κ3) is 2.06. The predicted molar refractivity (Wildman–Crippen MR) is 70.4 cm³/mol. The van der Waals surface area contributed by atoms with Gasteiger partial charge in [-0.3, -0.25) is 0 Å². The summed E-state index contributed by atoms with van der Waals surface area (Å²) in [6.45, 7) is 5.60. The van der Waals surface area contributed by atoms with Crippen LogP contribution in [0.1, 0.15) is 26.7 Å². The first-order valence-corrected chi connectivity index (χ1v) is 6.05. The van der Waals surface area contributed by atoms with Crippen molar-refractivity contribution in [1.82, 2.24) is 4.57 Å². The van der Waals surface area contributed by atoms with Gasteiger partial charge in [0.1, 0.15) is 0 Å². The molecule has 2 N–H and O–H groups in total. The summed E-state index contributed by atoms with van der Waals surface area (Å²) < 4.78 is 2.28. The predicted octanol–water partition coefficient (Wildman–Crippen LogP) is 3.66. The Hall–Kier alpha value is -1.44. The molecule has 0 aliphatic rings. The Kier molecular flexibility index (Phi) is 3.18. The SMILES string of the molecule is CCCC(C)Cn1ccc2cccc(N)c21. The normalized spacial score (nSPS) is 13.1. The molecule has 1 aromatic carbocycles. The van der Waals surface area contributed by atoms with Gasteiger partial charge in [0.15, 0.2) is 0 Å². The molecule has 86 valence electrons. The lowest BCUT2D eigenvalue weighted by Gasteiger charge is -2.13. The van der Waals surface area contributed by atoms with E-state index in [1.807, 2.05) is 12.1 Å². The van der Waals surface area contributed by atoms with Crippen molar-refractivity contribution in [3.05, 3.63) is 30.5 Å². The van der Waals surface area contributed by atoms with Crippen LogP contribution in [0.2, 0.25) is 0 Å². The second-order valence-corrected chi connectivity index (χ2v) is 4.65. The maximum atomic E-state index is 6.03. The Labute approximate surface area is 97.1 Å². The summed E-state index contributed by atoms with van der Waals surface area (Å²) in [7, 11) is 0. The van der Waals surface area contributed by atoms with E-state index in [1.54, 1.807) is 0 Å². The minimum atomic E-state index is 0.709. The molecule has 0 saturated carbocycles. The maximum Gasteiger partial charge on any atom is 0.0713 e. The van der Waals surface area contributed by atoms with Gasteiger partial charge in [-0.2, -0.15) is 0 Å². The summed E-state index contributed by atoms with van der Waals surface area (Å²) >= 11 is 0. The Morgan fingerprint density at radius 1 is 1.31 bits per heavy atom. The molecule has 2 rings (SSSR count). The molecule has 0 spiro atoms. The molecule has 1 unspecified atom stereocenters. The highest BCUT2D eigenvalue weighted by atomic mass is 15.0. The number of aromatic nitrogens is 1. The van der Waals surface area contributed by atoms with Gasteiger partial charge in [0, 0.05) is 18.1 Å². The molecule has 0 saturated heterocycles. The molecule has 0 aliphatic carbocycles. The number of nitrogens with two attached hydrogens (primary N) is 1. The molecular formula is C14H20N2. The number of fused-ring (bicyclic) bond motifs is 1. The maximum absolute atomic E-state index is 6.03. The van der Waals surface area contributed by atoms with Gasteiger partial charge >= 0.3 is 0 Å². The zero-order chi connectivity index (χ0) is 11.5. The second-order valence-electron chi connectivity index (χ2n) is 4.65. The van der Waals surface area contributed by atoms with Gasteiger partial charge < -0.3 is 10.3 Å². The van der Waals surface area contributed by atoms with Gasteiger partial charge in [-0.15, -0.1) is 0 Å². The average Bonchev–Trinajstić information content (AvgIpc) is 2.63. The first-order valence-electron chi connectivity index (χ1n) is 6.05. The van der Waals surface area contributed by atoms with Crippen molar-refractivity contribution in [2.45, 2.75) is 33.2 Å². The van der Waals surface area contributed by atoms with Crippen LogP contribution in [0.3, 0.4) is 0 Å². The van der Waals surface area contributed by atoms with Crippen LogP contribution in [-0.4, -0.2) is 4.57 Å². The van der Waals surface area contributed by atoms with Crippen molar-refractivity contribution in [3.63, 3.8) is 0 Å². The average molecular weight is 216 g/mol. The number of hydrogen-bond acceptors (Lipinski definition) is 1. The second kappa shape index (κ2) is 4.60. The van der Waals surface area contributed by atoms with Crippen molar-refractivity contribution in [2.75, 3.05) is 5.73 Å². The van der Waals surface area contributed by atoms with Gasteiger partial charge in [0.2, 0.25) is 0 Å². The summed E-state index contributed by atoms with van der Waals surface area (Å²) in [4.78, 5) is 0. The number of nitrogen functional groups attached to an aromatic ring is 1. The first-order chi connectivity index (χ1) is 7.72. The zero-order valence-corrected chi connectivity index (χ0v) is 10.1. The van der Waals surface area contributed by atoms with E-state index < -0.39 is 0 Å². The molecule has 0 bridgehead atoms. The lowest BCUT2D eigenvalue weighted by Crippen LogP contribution is -2.07. The Morgan fingerprint density at radius 2 is 2.12 bits per heavy atom. The largest absolute Gasteiger partial charge is 0.397 e. The van der Waals surface area contributed by atoms with Crippen molar-refractivity contribution >= 4 is 16.6 Å². The van der Waals surface area contributed by atoms with Gasteiger partial charge in [-0.25, -0.2) is 0 Å². The fourth-order valence-electron chi connectivity index (χ4n) is 2.36. The fraction of sp³-hybridized carbons (Fsp3) is 0.429. The number of nitrogens with zero attached hydrogens (tertiary/aromatic N) is 1. The Balaban J connectivity index is 2.31. The molecule has 1 atom stereocenters. The van der Waals surface area contributed by atoms with E-state index in [4.69, 9.17) is 5.73 Å². The van der Waals surface area contributed by atoms with Crippen LogP contribution in [0.4, 0.5) is 5.69 Å². The van der Waals surface area contributed by atoms with Gasteiger partial charge in [0.25, 0.3) is 0 Å². The molecule has 0 aliphatic heterocycles. The third-order valence-electron chi connectivity index (χ3n) is 3.11. The Bertz CT molecular complexity index is 471. The molecule has 0 amide bonds. The van der Waals surface area contributed by atoms with Gasteiger partial charge in [0.05, 0.1) is 11.2 Å². The molecule has 0 fully saturated rings. The van der Waals surface area contributed by atoms with Crippen LogP contribution in [0, 0.1) is 5.92 Å². The van der Waals surface area contributed by atoms with Gasteiger partial charge in [-0.05, 0) is 24.5 Å². The van der Waals surface area contributed by atoms with E-state index in [-0.39, 0.29) is 0 Å². The molecule has 2 heteroatoms. The van der Waals surface area contributed by atoms with E-state index >= 15 is 0 Å². The monoisotopic (exact) mass is 216 g/mol. The topological polar surface area (TPSA) is 30.9 Å². The minimum absolute atomic E-state index is 0.709. The smallest absolute Gasteiger partial charge is 0.0713 e. The highest BCUT2D eigenvalue weighted by molar-refractivity contribution is 5.90. The van der Waals surface area contributed by atoms with E-state index in [0.717, 1.165) is 12.2 Å². The zero-order valence-electron chi connectivity index (χ0n) is 10.1. The fourth-order valence-corrected chi connectivity index (χ4v) is 2.36. The first kappa shape index (κ1) is 11.1.